The van der Waals surface area contributed by atoms with Crippen molar-refractivity contribution in [2.24, 2.45) is 17.3 Å². The minimum Gasteiger partial charge on any atom is -0.489 e. The van der Waals surface area contributed by atoms with Gasteiger partial charge in [0.2, 0.25) is 0 Å². The highest BCUT2D eigenvalue weighted by molar-refractivity contribution is 5.88. The Hall–Kier alpha value is -2.91. The van der Waals surface area contributed by atoms with Crippen molar-refractivity contribution in [2.75, 3.05) is 0 Å². The number of hydrogen-bond donors (Lipinski definition) is 0. The molecule has 0 radical (unpaired) electrons. The maximum absolute atomic E-state index is 13.5. The zero-order chi connectivity index (χ0) is 23.8. The van der Waals surface area contributed by atoms with E-state index in [1.165, 1.54) is 16.7 Å². The number of ketones is 1. The van der Waals surface area contributed by atoms with E-state index in [0.717, 1.165) is 37.0 Å². The van der Waals surface area contributed by atoms with Crippen LogP contribution in [0.5, 0.6) is 5.75 Å². The lowest BCUT2D eigenvalue weighted by molar-refractivity contribution is -0.130. The molecule has 3 aromatic carbocycles. The highest BCUT2D eigenvalue weighted by atomic mass is 16.5. The van der Waals surface area contributed by atoms with Crippen LogP contribution in [-0.4, -0.2) is 11.9 Å². The van der Waals surface area contributed by atoms with Crippen molar-refractivity contribution in [1.82, 2.24) is 0 Å². The van der Waals surface area contributed by atoms with Crippen LogP contribution in [0, 0.1) is 17.3 Å². The van der Waals surface area contributed by atoms with E-state index in [9.17, 15) is 4.79 Å². The second-order valence-electron chi connectivity index (χ2n) is 11.1. The molecule has 3 nitrogen and oxygen atoms in total. The lowest BCUT2D eigenvalue weighted by Crippen LogP contribution is -2.44. The Balaban J connectivity index is 1.17. The molecule has 0 N–H and O–H groups in total. The van der Waals surface area contributed by atoms with Gasteiger partial charge in [0.15, 0.2) is 0 Å². The summed E-state index contributed by atoms with van der Waals surface area (Å²) in [6, 6.07) is 27.1. The van der Waals surface area contributed by atoms with Crippen LogP contribution in [0.2, 0.25) is 0 Å². The molecule has 2 saturated carbocycles. The highest BCUT2D eigenvalue weighted by Crippen LogP contribution is 2.60. The van der Waals surface area contributed by atoms with Crippen molar-refractivity contribution in [3.05, 3.63) is 101 Å². The predicted octanol–water partition coefficient (Wildman–Crippen LogP) is 6.89. The van der Waals surface area contributed by atoms with Crippen LogP contribution in [0.25, 0.3) is 0 Å². The second kappa shape index (κ2) is 9.28. The molecule has 0 spiro atoms. The maximum atomic E-state index is 13.5. The van der Waals surface area contributed by atoms with Gasteiger partial charge >= 0.3 is 0 Å². The van der Waals surface area contributed by atoms with Crippen molar-refractivity contribution < 1.29 is 14.3 Å². The number of rotatable bonds is 6. The summed E-state index contributed by atoms with van der Waals surface area (Å²) in [6.45, 7) is 3.56. The van der Waals surface area contributed by atoms with Crippen molar-refractivity contribution in [1.29, 1.82) is 0 Å². The monoisotopic (exact) mass is 466 g/mol. The summed E-state index contributed by atoms with van der Waals surface area (Å²) in [6.07, 6.45) is 5.10. The Morgan fingerprint density at radius 1 is 0.914 bits per heavy atom. The molecule has 3 aromatic rings. The van der Waals surface area contributed by atoms with Gasteiger partial charge in [-0.05, 0) is 77.3 Å². The third kappa shape index (κ3) is 4.43. The van der Waals surface area contributed by atoms with E-state index >= 15 is 0 Å². The summed E-state index contributed by atoms with van der Waals surface area (Å²) in [4.78, 5) is 13.5. The second-order valence-corrected chi connectivity index (χ2v) is 11.1. The molecule has 2 fully saturated rings. The average molecular weight is 467 g/mol. The first-order valence-corrected chi connectivity index (χ1v) is 13.1. The number of benzene rings is 3. The summed E-state index contributed by atoms with van der Waals surface area (Å²) in [5, 5.41) is 0. The molecule has 6 rings (SSSR count). The van der Waals surface area contributed by atoms with E-state index in [2.05, 4.69) is 61.5 Å². The van der Waals surface area contributed by atoms with Crippen LogP contribution < -0.4 is 4.74 Å². The molecule has 0 saturated heterocycles. The van der Waals surface area contributed by atoms with E-state index in [0.29, 0.717) is 37.3 Å². The van der Waals surface area contributed by atoms with Gasteiger partial charge in [0.05, 0.1) is 12.7 Å². The van der Waals surface area contributed by atoms with E-state index in [1.807, 2.05) is 24.3 Å². The number of aryl methyl sites for hydroxylation is 1. The molecule has 0 bridgehead atoms. The zero-order valence-electron chi connectivity index (χ0n) is 20.5. The van der Waals surface area contributed by atoms with Crippen molar-refractivity contribution in [2.45, 2.75) is 64.3 Å². The number of fused-ring (bicyclic) bond motifs is 5. The predicted molar refractivity (Wildman–Crippen MR) is 137 cm³/mol. The molecule has 0 amide bonds. The first-order valence-electron chi connectivity index (χ1n) is 13.1. The normalized spacial score (nSPS) is 29.2. The van der Waals surface area contributed by atoms with Gasteiger partial charge in [0, 0.05) is 12.3 Å². The van der Waals surface area contributed by atoms with Gasteiger partial charge in [-0.15, -0.1) is 0 Å². The first kappa shape index (κ1) is 22.5. The van der Waals surface area contributed by atoms with Crippen LogP contribution in [0.15, 0.2) is 78.9 Å². The number of Topliss-reactive ketones (excluding diaryl/α,β-unsaturated/α-hetero) is 1. The minimum atomic E-state index is 0.0351. The van der Waals surface area contributed by atoms with Gasteiger partial charge in [-0.2, -0.15) is 0 Å². The molecule has 0 heterocycles. The quantitative estimate of drug-likeness (QED) is 0.397. The van der Waals surface area contributed by atoms with Gasteiger partial charge in [-0.1, -0.05) is 73.7 Å². The average Bonchev–Trinajstić information content (AvgIpc) is 3.23. The molecule has 3 heteroatoms. The lowest BCUT2D eigenvalue weighted by atomic mass is 9.55. The Morgan fingerprint density at radius 3 is 2.37 bits per heavy atom. The zero-order valence-corrected chi connectivity index (χ0v) is 20.5. The van der Waals surface area contributed by atoms with E-state index < -0.39 is 0 Å². The molecule has 35 heavy (non-hydrogen) atoms. The molecular formula is C32H34O3. The molecule has 0 aromatic heterocycles. The lowest BCUT2D eigenvalue weighted by Gasteiger charge is -2.47. The largest absolute Gasteiger partial charge is 0.489 e. The number of carbonyl (C=O) groups excluding carboxylic acids is 1. The van der Waals surface area contributed by atoms with Gasteiger partial charge in [0.25, 0.3) is 0 Å². The molecule has 3 aliphatic rings. The van der Waals surface area contributed by atoms with Crippen LogP contribution in [0.1, 0.15) is 60.8 Å². The number of hydrogen-bond acceptors (Lipinski definition) is 3. The smallest absolute Gasteiger partial charge is 0.141 e. The fraction of sp³-hybridized carbons (Fsp3) is 0.406. The van der Waals surface area contributed by atoms with Gasteiger partial charge in [-0.25, -0.2) is 0 Å². The minimum absolute atomic E-state index is 0.0351. The van der Waals surface area contributed by atoms with Crippen molar-refractivity contribution >= 4 is 5.78 Å². The van der Waals surface area contributed by atoms with Crippen molar-refractivity contribution in [3.8, 4) is 5.75 Å². The third-order valence-corrected chi connectivity index (χ3v) is 8.75. The standard InChI is InChI=1S/C32H34O3/c1-32-18-26(35-21-23-10-6-3-7-11-23)17-29(32)28-14-12-24-16-25(34-20-22-8-4-2-5-9-22)13-15-27(24)31(28)30(33)19-32/h2-11,13,15-16,26,28-29,31H,12,14,17-21H2,1H3/t26-,28+,29+,31-,32+/m1/s1. The van der Waals surface area contributed by atoms with Gasteiger partial charge in [0.1, 0.15) is 18.1 Å². The molecule has 0 aliphatic heterocycles. The number of carbonyl (C=O) groups is 1. The fourth-order valence-corrected chi connectivity index (χ4v) is 7.14. The van der Waals surface area contributed by atoms with E-state index in [-0.39, 0.29) is 17.4 Å². The molecular weight excluding hydrogens is 432 g/mol. The van der Waals surface area contributed by atoms with Crippen LogP contribution >= 0.6 is 0 Å². The Kier molecular flexibility index (Phi) is 5.98. The van der Waals surface area contributed by atoms with Crippen molar-refractivity contribution in [3.63, 3.8) is 0 Å². The first-order chi connectivity index (χ1) is 17.1. The summed E-state index contributed by atoms with van der Waals surface area (Å²) in [5.41, 5.74) is 4.99. The Labute approximate surface area is 208 Å². The van der Waals surface area contributed by atoms with Crippen LogP contribution in [0.4, 0.5) is 0 Å². The van der Waals surface area contributed by atoms with E-state index in [4.69, 9.17) is 9.47 Å². The SMILES string of the molecule is C[C@]12CC(=O)[C@@H]3c4ccc(OCc5ccccc5)cc4CC[C@H]3[C@@H]1C[C@@H](OCc1ccccc1)C2. The summed E-state index contributed by atoms with van der Waals surface area (Å²) in [7, 11) is 0. The fourth-order valence-electron chi connectivity index (χ4n) is 7.14. The summed E-state index contributed by atoms with van der Waals surface area (Å²) in [5.74, 6) is 2.34. The Bertz CT molecular complexity index is 1190. The van der Waals surface area contributed by atoms with E-state index in [1.54, 1.807) is 0 Å². The highest BCUT2D eigenvalue weighted by Gasteiger charge is 2.56. The third-order valence-electron chi connectivity index (χ3n) is 8.75. The summed E-state index contributed by atoms with van der Waals surface area (Å²) < 4.78 is 12.5. The van der Waals surface area contributed by atoms with Gasteiger partial charge in [-0.3, -0.25) is 4.79 Å². The molecule has 3 aliphatic carbocycles. The molecule has 180 valence electrons. The molecule has 0 unspecified atom stereocenters. The summed E-state index contributed by atoms with van der Waals surface area (Å²) >= 11 is 0. The Morgan fingerprint density at radius 2 is 1.63 bits per heavy atom. The van der Waals surface area contributed by atoms with Crippen LogP contribution in [-0.2, 0) is 29.2 Å². The topological polar surface area (TPSA) is 35.5 Å². The van der Waals surface area contributed by atoms with Gasteiger partial charge < -0.3 is 9.47 Å². The molecule has 5 atom stereocenters. The number of ether oxygens (including phenoxy) is 2. The van der Waals surface area contributed by atoms with Crippen LogP contribution in [0.3, 0.4) is 0 Å². The maximum Gasteiger partial charge on any atom is 0.141 e.